The van der Waals surface area contributed by atoms with Gasteiger partial charge in [0.25, 0.3) is 0 Å². The van der Waals surface area contributed by atoms with Crippen molar-refractivity contribution in [2.45, 2.75) is 19.1 Å². The zero-order valence-corrected chi connectivity index (χ0v) is 9.85. The van der Waals surface area contributed by atoms with Crippen molar-refractivity contribution in [2.24, 2.45) is 0 Å². The quantitative estimate of drug-likeness (QED) is 0.760. The fourth-order valence-electron chi connectivity index (χ4n) is 1.85. The van der Waals surface area contributed by atoms with Crippen LogP contribution < -0.4 is 0 Å². The van der Waals surface area contributed by atoms with Crippen molar-refractivity contribution < 1.29 is 9.53 Å². The summed E-state index contributed by atoms with van der Waals surface area (Å²) < 4.78 is 5.12. The molecule has 0 bridgehead atoms. The van der Waals surface area contributed by atoms with Gasteiger partial charge in [-0.05, 0) is 12.5 Å². The van der Waals surface area contributed by atoms with Crippen LogP contribution in [0.5, 0.6) is 0 Å². The van der Waals surface area contributed by atoms with Gasteiger partial charge < -0.3 is 4.74 Å². The van der Waals surface area contributed by atoms with Gasteiger partial charge in [-0.1, -0.05) is 30.3 Å². The standard InChI is InChI=1S/C12H14ClNO2/c1-9(10-5-3-2-4-6-10)14-8-11(7-13)16-12(14)15/h2-6,9,11H,7-8H2,1H3/t9-,11-/m0/s1. The fourth-order valence-corrected chi connectivity index (χ4v) is 2.01. The molecule has 0 aliphatic carbocycles. The van der Waals surface area contributed by atoms with Crippen LogP contribution in [0.15, 0.2) is 30.3 Å². The number of rotatable bonds is 3. The van der Waals surface area contributed by atoms with Crippen molar-refractivity contribution in [1.29, 1.82) is 0 Å². The summed E-state index contributed by atoms with van der Waals surface area (Å²) in [6, 6.07) is 9.93. The number of amides is 1. The third kappa shape index (κ3) is 2.14. The Bertz CT molecular complexity index is 369. The maximum absolute atomic E-state index is 11.6. The molecule has 3 nitrogen and oxygen atoms in total. The molecule has 1 aromatic rings. The molecule has 1 heterocycles. The number of cyclic esters (lactones) is 1. The molecule has 2 atom stereocenters. The van der Waals surface area contributed by atoms with Gasteiger partial charge in [-0.15, -0.1) is 11.6 Å². The zero-order valence-electron chi connectivity index (χ0n) is 9.10. The van der Waals surface area contributed by atoms with Crippen molar-refractivity contribution in [3.05, 3.63) is 35.9 Å². The van der Waals surface area contributed by atoms with E-state index >= 15 is 0 Å². The molecular formula is C12H14ClNO2. The molecule has 1 fully saturated rings. The highest BCUT2D eigenvalue weighted by molar-refractivity contribution is 6.18. The van der Waals surface area contributed by atoms with Gasteiger partial charge in [0.1, 0.15) is 6.10 Å². The molecule has 1 aliphatic rings. The maximum atomic E-state index is 11.6. The lowest BCUT2D eigenvalue weighted by molar-refractivity contribution is 0.134. The van der Waals surface area contributed by atoms with E-state index in [0.717, 1.165) is 5.56 Å². The topological polar surface area (TPSA) is 29.5 Å². The number of halogens is 1. The summed E-state index contributed by atoms with van der Waals surface area (Å²) in [5, 5.41) is 0. The Morgan fingerprint density at radius 3 is 2.75 bits per heavy atom. The van der Waals surface area contributed by atoms with E-state index in [1.807, 2.05) is 37.3 Å². The molecule has 1 amide bonds. The Balaban J connectivity index is 2.11. The summed E-state index contributed by atoms with van der Waals surface area (Å²) in [6.07, 6.45) is -0.456. The monoisotopic (exact) mass is 239 g/mol. The Labute approximate surface area is 100.0 Å². The molecule has 0 spiro atoms. The van der Waals surface area contributed by atoms with E-state index in [1.165, 1.54) is 0 Å². The number of carbonyl (C=O) groups excluding carboxylic acids is 1. The molecule has 4 heteroatoms. The lowest BCUT2D eigenvalue weighted by Gasteiger charge is -2.22. The van der Waals surface area contributed by atoms with Crippen LogP contribution in [0.25, 0.3) is 0 Å². The van der Waals surface area contributed by atoms with Crippen LogP contribution in [0.3, 0.4) is 0 Å². The first-order valence-electron chi connectivity index (χ1n) is 5.30. The molecule has 1 aromatic carbocycles. The zero-order chi connectivity index (χ0) is 11.5. The summed E-state index contributed by atoms with van der Waals surface area (Å²) in [6.45, 7) is 2.56. The van der Waals surface area contributed by atoms with Gasteiger partial charge >= 0.3 is 6.09 Å². The number of ether oxygens (including phenoxy) is 1. The van der Waals surface area contributed by atoms with Crippen LogP contribution in [-0.2, 0) is 4.74 Å². The summed E-state index contributed by atoms with van der Waals surface area (Å²) in [7, 11) is 0. The van der Waals surface area contributed by atoms with Crippen LogP contribution in [0.2, 0.25) is 0 Å². The number of hydrogen-bond acceptors (Lipinski definition) is 2. The molecule has 86 valence electrons. The predicted octanol–water partition coefficient (Wildman–Crippen LogP) is 2.81. The van der Waals surface area contributed by atoms with Gasteiger partial charge in [-0.25, -0.2) is 4.79 Å². The van der Waals surface area contributed by atoms with Gasteiger partial charge in [0.2, 0.25) is 0 Å². The van der Waals surface area contributed by atoms with Crippen LogP contribution in [0.4, 0.5) is 4.79 Å². The van der Waals surface area contributed by atoms with Crippen molar-refractivity contribution in [1.82, 2.24) is 4.90 Å². The van der Waals surface area contributed by atoms with E-state index < -0.39 is 0 Å². The van der Waals surface area contributed by atoms with Crippen LogP contribution in [-0.4, -0.2) is 29.5 Å². The number of benzene rings is 1. The number of hydrogen-bond donors (Lipinski definition) is 0. The third-order valence-electron chi connectivity index (χ3n) is 2.82. The molecular weight excluding hydrogens is 226 g/mol. The van der Waals surface area contributed by atoms with Crippen molar-refractivity contribution >= 4 is 17.7 Å². The summed E-state index contributed by atoms with van der Waals surface area (Å²) >= 11 is 5.69. The highest BCUT2D eigenvalue weighted by atomic mass is 35.5. The number of nitrogens with zero attached hydrogens (tertiary/aromatic N) is 1. The van der Waals surface area contributed by atoms with Crippen LogP contribution in [0.1, 0.15) is 18.5 Å². The van der Waals surface area contributed by atoms with Crippen molar-refractivity contribution in [3.63, 3.8) is 0 Å². The lowest BCUT2D eigenvalue weighted by atomic mass is 10.1. The first-order valence-corrected chi connectivity index (χ1v) is 5.84. The predicted molar refractivity (Wildman–Crippen MR) is 62.6 cm³/mol. The first-order chi connectivity index (χ1) is 7.72. The summed E-state index contributed by atoms with van der Waals surface area (Å²) in [4.78, 5) is 13.3. The average molecular weight is 240 g/mol. The molecule has 16 heavy (non-hydrogen) atoms. The smallest absolute Gasteiger partial charge is 0.410 e. The largest absolute Gasteiger partial charge is 0.443 e. The van der Waals surface area contributed by atoms with Gasteiger partial charge in [0, 0.05) is 0 Å². The number of alkyl halides is 1. The van der Waals surface area contributed by atoms with E-state index in [2.05, 4.69) is 0 Å². The molecule has 1 saturated heterocycles. The van der Waals surface area contributed by atoms with Crippen molar-refractivity contribution in [2.75, 3.05) is 12.4 Å². The minimum atomic E-state index is -0.276. The van der Waals surface area contributed by atoms with E-state index in [4.69, 9.17) is 16.3 Å². The van der Waals surface area contributed by atoms with E-state index in [1.54, 1.807) is 4.90 Å². The minimum absolute atomic E-state index is 0.0296. The van der Waals surface area contributed by atoms with Gasteiger partial charge in [0.05, 0.1) is 18.5 Å². The second-order valence-electron chi connectivity index (χ2n) is 3.90. The Morgan fingerprint density at radius 1 is 1.50 bits per heavy atom. The van der Waals surface area contributed by atoms with E-state index in [0.29, 0.717) is 12.4 Å². The van der Waals surface area contributed by atoms with E-state index in [-0.39, 0.29) is 18.2 Å². The number of carbonyl (C=O) groups is 1. The Hall–Kier alpha value is -1.22. The fraction of sp³-hybridized carbons (Fsp3) is 0.417. The minimum Gasteiger partial charge on any atom is -0.443 e. The maximum Gasteiger partial charge on any atom is 0.410 e. The Kier molecular flexibility index (Phi) is 3.34. The molecule has 0 unspecified atom stereocenters. The van der Waals surface area contributed by atoms with Crippen LogP contribution in [0, 0.1) is 0 Å². The average Bonchev–Trinajstić information content (AvgIpc) is 2.71. The second-order valence-corrected chi connectivity index (χ2v) is 4.21. The normalized spacial score (nSPS) is 22.0. The van der Waals surface area contributed by atoms with E-state index in [9.17, 15) is 4.79 Å². The first kappa shape index (κ1) is 11.3. The highest BCUT2D eigenvalue weighted by Gasteiger charge is 2.34. The molecule has 0 radical (unpaired) electrons. The second kappa shape index (κ2) is 4.74. The summed E-state index contributed by atoms with van der Waals surface area (Å²) in [5.41, 5.74) is 1.11. The van der Waals surface area contributed by atoms with Crippen LogP contribution >= 0.6 is 11.6 Å². The molecule has 2 rings (SSSR count). The van der Waals surface area contributed by atoms with Gasteiger partial charge in [-0.2, -0.15) is 0 Å². The third-order valence-corrected chi connectivity index (χ3v) is 3.17. The van der Waals surface area contributed by atoms with Crippen molar-refractivity contribution in [3.8, 4) is 0 Å². The summed E-state index contributed by atoms with van der Waals surface area (Å²) in [5.74, 6) is 0.351. The van der Waals surface area contributed by atoms with Gasteiger partial charge in [-0.3, -0.25) is 4.90 Å². The lowest BCUT2D eigenvalue weighted by Crippen LogP contribution is -2.28. The SMILES string of the molecule is C[C@@H](c1ccccc1)N1C[C@H](CCl)OC1=O. The Morgan fingerprint density at radius 2 is 2.19 bits per heavy atom. The van der Waals surface area contributed by atoms with Gasteiger partial charge in [0.15, 0.2) is 0 Å². The molecule has 1 aliphatic heterocycles. The molecule has 0 aromatic heterocycles. The molecule has 0 saturated carbocycles. The highest BCUT2D eigenvalue weighted by Crippen LogP contribution is 2.25. The molecule has 0 N–H and O–H groups in total.